The summed E-state index contributed by atoms with van der Waals surface area (Å²) < 4.78 is 5.33. The highest BCUT2D eigenvalue weighted by Crippen LogP contribution is 2.23. The molecule has 0 spiro atoms. The molecule has 0 aliphatic carbocycles. The fourth-order valence-corrected chi connectivity index (χ4v) is 2.69. The molecule has 5 heteroatoms. The van der Waals surface area contributed by atoms with E-state index in [4.69, 9.17) is 5.11 Å². The second-order valence-electron chi connectivity index (χ2n) is 4.17. The van der Waals surface area contributed by atoms with Crippen LogP contribution in [-0.4, -0.2) is 26.8 Å². The summed E-state index contributed by atoms with van der Waals surface area (Å²) >= 11 is 3.15. The summed E-state index contributed by atoms with van der Waals surface area (Å²) in [6.45, 7) is 6.61. The van der Waals surface area contributed by atoms with E-state index in [-0.39, 0.29) is 6.61 Å². The highest BCUT2D eigenvalue weighted by atomic mass is 32.2. The maximum atomic E-state index is 8.89. The first-order chi connectivity index (χ1) is 7.11. The van der Waals surface area contributed by atoms with Gasteiger partial charge in [-0.1, -0.05) is 32.5 Å². The van der Waals surface area contributed by atoms with Gasteiger partial charge in [-0.2, -0.15) is 4.37 Å². The van der Waals surface area contributed by atoms with Gasteiger partial charge in [0.25, 0.3) is 0 Å². The van der Waals surface area contributed by atoms with Crippen molar-refractivity contribution >= 4 is 23.3 Å². The van der Waals surface area contributed by atoms with Gasteiger partial charge >= 0.3 is 0 Å². The van der Waals surface area contributed by atoms with E-state index in [0.717, 1.165) is 22.3 Å². The molecule has 0 bridgehead atoms. The molecule has 1 N–H and O–H groups in total. The van der Waals surface area contributed by atoms with Gasteiger partial charge in [-0.05, 0) is 23.4 Å². The lowest BCUT2D eigenvalue weighted by atomic mass is 10.1. The van der Waals surface area contributed by atoms with Crippen molar-refractivity contribution in [2.45, 2.75) is 31.5 Å². The van der Waals surface area contributed by atoms with Crippen LogP contribution >= 0.6 is 23.3 Å². The Kier molecular flexibility index (Phi) is 5.56. The van der Waals surface area contributed by atoms with Crippen molar-refractivity contribution in [3.05, 3.63) is 5.82 Å². The standard InChI is InChI=1S/C10H18N2OS2/c1-7(2)4-9-11-10(15-12-9)14-6-8(3)5-13/h7-8,13H,4-6H2,1-3H3. The molecule has 15 heavy (non-hydrogen) atoms. The Hall–Kier alpha value is -0.130. The first kappa shape index (κ1) is 12.9. The van der Waals surface area contributed by atoms with E-state index < -0.39 is 0 Å². The minimum Gasteiger partial charge on any atom is -0.396 e. The van der Waals surface area contributed by atoms with Crippen molar-refractivity contribution in [3.8, 4) is 0 Å². The highest BCUT2D eigenvalue weighted by Gasteiger charge is 2.08. The molecule has 0 aromatic carbocycles. The molecular weight excluding hydrogens is 228 g/mol. The summed E-state index contributed by atoms with van der Waals surface area (Å²) in [5.41, 5.74) is 0. The van der Waals surface area contributed by atoms with E-state index in [1.165, 1.54) is 11.5 Å². The molecule has 86 valence electrons. The molecule has 1 unspecified atom stereocenters. The first-order valence-electron chi connectivity index (χ1n) is 5.18. The van der Waals surface area contributed by atoms with Crippen molar-refractivity contribution in [1.29, 1.82) is 0 Å². The van der Waals surface area contributed by atoms with Gasteiger partial charge in [0, 0.05) is 18.8 Å². The van der Waals surface area contributed by atoms with Gasteiger partial charge in [0.15, 0.2) is 4.34 Å². The topological polar surface area (TPSA) is 46.0 Å². The summed E-state index contributed by atoms with van der Waals surface area (Å²) in [6, 6.07) is 0. The lowest BCUT2D eigenvalue weighted by molar-refractivity contribution is 0.250. The van der Waals surface area contributed by atoms with Crippen molar-refractivity contribution in [1.82, 2.24) is 9.36 Å². The molecule has 1 rings (SSSR count). The SMILES string of the molecule is CC(C)Cc1nsc(SCC(C)CO)n1. The number of thioether (sulfide) groups is 1. The average molecular weight is 246 g/mol. The molecule has 0 saturated heterocycles. The van der Waals surface area contributed by atoms with E-state index in [1.54, 1.807) is 11.8 Å². The molecule has 0 saturated carbocycles. The van der Waals surface area contributed by atoms with Gasteiger partial charge in [-0.3, -0.25) is 0 Å². The molecule has 1 heterocycles. The van der Waals surface area contributed by atoms with Crippen LogP contribution in [0, 0.1) is 11.8 Å². The molecule has 3 nitrogen and oxygen atoms in total. The van der Waals surface area contributed by atoms with E-state index in [9.17, 15) is 0 Å². The molecule has 0 fully saturated rings. The Labute approximate surface area is 99.5 Å². The zero-order valence-electron chi connectivity index (χ0n) is 9.43. The quantitative estimate of drug-likeness (QED) is 0.783. The van der Waals surface area contributed by atoms with Crippen LogP contribution in [0.3, 0.4) is 0 Å². The minimum atomic E-state index is 0.241. The lowest BCUT2D eigenvalue weighted by Gasteiger charge is -2.03. The Morgan fingerprint density at radius 2 is 2.13 bits per heavy atom. The molecule has 0 aliphatic heterocycles. The molecule has 0 amide bonds. The zero-order valence-corrected chi connectivity index (χ0v) is 11.1. The van der Waals surface area contributed by atoms with Crippen molar-refractivity contribution in [2.75, 3.05) is 12.4 Å². The third-order valence-corrected chi connectivity index (χ3v) is 4.04. The maximum Gasteiger partial charge on any atom is 0.170 e. The Balaban J connectivity index is 2.39. The summed E-state index contributed by atoms with van der Waals surface area (Å²) in [5.74, 6) is 2.79. The van der Waals surface area contributed by atoms with Crippen LogP contribution in [0.15, 0.2) is 4.34 Å². The van der Waals surface area contributed by atoms with Crippen LogP contribution in [0.2, 0.25) is 0 Å². The summed E-state index contributed by atoms with van der Waals surface area (Å²) in [6.07, 6.45) is 0.951. The smallest absolute Gasteiger partial charge is 0.170 e. The largest absolute Gasteiger partial charge is 0.396 e. The Morgan fingerprint density at radius 1 is 1.40 bits per heavy atom. The predicted molar refractivity (Wildman–Crippen MR) is 65.4 cm³/mol. The molecule has 1 aromatic heterocycles. The van der Waals surface area contributed by atoms with E-state index >= 15 is 0 Å². The maximum absolute atomic E-state index is 8.89. The molecule has 1 atom stereocenters. The van der Waals surface area contributed by atoms with Gasteiger partial charge in [0.1, 0.15) is 5.82 Å². The second kappa shape index (κ2) is 6.45. The molecule has 0 radical (unpaired) electrons. The number of aromatic nitrogens is 2. The van der Waals surface area contributed by atoms with Gasteiger partial charge in [0.2, 0.25) is 0 Å². The molecule has 1 aromatic rings. The van der Waals surface area contributed by atoms with Crippen molar-refractivity contribution in [2.24, 2.45) is 11.8 Å². The van der Waals surface area contributed by atoms with E-state index in [0.29, 0.717) is 11.8 Å². The fourth-order valence-electron chi connectivity index (χ4n) is 1.01. The zero-order chi connectivity index (χ0) is 11.3. The van der Waals surface area contributed by atoms with Crippen molar-refractivity contribution < 1.29 is 5.11 Å². The minimum absolute atomic E-state index is 0.241. The first-order valence-corrected chi connectivity index (χ1v) is 6.94. The number of nitrogens with zero attached hydrogens (tertiary/aromatic N) is 2. The monoisotopic (exact) mass is 246 g/mol. The summed E-state index contributed by atoms with van der Waals surface area (Å²) in [5, 5.41) is 8.89. The summed E-state index contributed by atoms with van der Waals surface area (Å²) in [7, 11) is 0. The number of rotatable bonds is 6. The third kappa shape index (κ3) is 4.95. The van der Waals surface area contributed by atoms with E-state index in [1.807, 2.05) is 6.92 Å². The molecular formula is C10H18N2OS2. The summed E-state index contributed by atoms with van der Waals surface area (Å²) in [4.78, 5) is 4.45. The van der Waals surface area contributed by atoms with Crippen molar-refractivity contribution in [3.63, 3.8) is 0 Å². The van der Waals surface area contributed by atoms with Gasteiger partial charge < -0.3 is 5.11 Å². The lowest BCUT2D eigenvalue weighted by Crippen LogP contribution is -2.03. The second-order valence-corrected chi connectivity index (χ2v) is 6.19. The number of aliphatic hydroxyl groups excluding tert-OH is 1. The fraction of sp³-hybridized carbons (Fsp3) is 0.800. The van der Waals surface area contributed by atoms with Crippen LogP contribution in [0.25, 0.3) is 0 Å². The predicted octanol–water partition coefficient (Wildman–Crippen LogP) is 2.46. The third-order valence-electron chi connectivity index (χ3n) is 1.84. The van der Waals surface area contributed by atoms with Crippen LogP contribution in [0.4, 0.5) is 0 Å². The van der Waals surface area contributed by atoms with Gasteiger partial charge in [-0.15, -0.1) is 0 Å². The van der Waals surface area contributed by atoms with Gasteiger partial charge in [0.05, 0.1) is 0 Å². The average Bonchev–Trinajstić information content (AvgIpc) is 2.61. The highest BCUT2D eigenvalue weighted by molar-refractivity contribution is 8.00. The number of aliphatic hydroxyl groups is 1. The van der Waals surface area contributed by atoms with Crippen LogP contribution in [-0.2, 0) is 6.42 Å². The van der Waals surface area contributed by atoms with Crippen LogP contribution in [0.5, 0.6) is 0 Å². The van der Waals surface area contributed by atoms with E-state index in [2.05, 4.69) is 23.2 Å². The number of hydrogen-bond donors (Lipinski definition) is 1. The number of hydrogen-bond acceptors (Lipinski definition) is 5. The Morgan fingerprint density at radius 3 is 2.73 bits per heavy atom. The van der Waals surface area contributed by atoms with Crippen LogP contribution in [0.1, 0.15) is 26.6 Å². The Bertz CT molecular complexity index is 289. The normalized spacial score (nSPS) is 13.4. The van der Waals surface area contributed by atoms with Crippen LogP contribution < -0.4 is 0 Å². The molecule has 0 aliphatic rings. The van der Waals surface area contributed by atoms with Gasteiger partial charge in [-0.25, -0.2) is 4.98 Å².